The second kappa shape index (κ2) is 12.3. The summed E-state index contributed by atoms with van der Waals surface area (Å²) in [5.41, 5.74) is 2.68. The molecule has 4 rings (SSSR count). The smallest absolute Gasteiger partial charge is 0.207 e. The van der Waals surface area contributed by atoms with Gasteiger partial charge in [-0.3, -0.25) is 9.59 Å². The average molecular weight is 499 g/mol. The molecule has 7 nitrogen and oxygen atoms in total. The Labute approximate surface area is 211 Å². The van der Waals surface area contributed by atoms with Gasteiger partial charge in [-0.1, -0.05) is 6.07 Å². The third-order valence-electron chi connectivity index (χ3n) is 7.36. The van der Waals surface area contributed by atoms with Crippen LogP contribution in [-0.2, 0) is 16.0 Å². The van der Waals surface area contributed by atoms with Crippen molar-refractivity contribution in [1.29, 1.82) is 0 Å². The number of hydrogen-bond acceptors (Lipinski definition) is 6. The van der Waals surface area contributed by atoms with Gasteiger partial charge >= 0.3 is 0 Å². The molecule has 8 heteroatoms. The summed E-state index contributed by atoms with van der Waals surface area (Å²) in [6.45, 7) is 3.18. The minimum absolute atomic E-state index is 0.0270. The van der Waals surface area contributed by atoms with Crippen molar-refractivity contribution in [2.45, 2.75) is 44.3 Å². The van der Waals surface area contributed by atoms with Gasteiger partial charge in [0.1, 0.15) is 11.9 Å². The lowest BCUT2D eigenvalue weighted by Crippen LogP contribution is -2.42. The zero-order valence-corrected chi connectivity index (χ0v) is 21.0. The van der Waals surface area contributed by atoms with Crippen molar-refractivity contribution in [3.05, 3.63) is 58.9 Å². The summed E-state index contributed by atoms with van der Waals surface area (Å²) >= 11 is 0. The van der Waals surface area contributed by atoms with Crippen LogP contribution in [0.2, 0.25) is 0 Å². The Bertz CT molecular complexity index is 1040. The normalized spacial score (nSPS) is 20.4. The molecule has 194 valence electrons. The highest BCUT2D eigenvalue weighted by Crippen LogP contribution is 2.43. The summed E-state index contributed by atoms with van der Waals surface area (Å²) in [7, 11) is 3.29. The molecule has 1 fully saturated rings. The van der Waals surface area contributed by atoms with E-state index >= 15 is 0 Å². The number of nitrogens with one attached hydrogen (secondary N) is 1. The number of methoxy groups -OCH3 is 2. The molecule has 2 atom stereocenters. The monoisotopic (exact) mass is 498 g/mol. The Morgan fingerprint density at radius 2 is 1.89 bits per heavy atom. The zero-order valence-electron chi connectivity index (χ0n) is 21.0. The minimum Gasteiger partial charge on any atom is -0.493 e. The molecular formula is C28H35FN2O5. The van der Waals surface area contributed by atoms with E-state index in [-0.39, 0.29) is 23.8 Å². The largest absolute Gasteiger partial charge is 0.493 e. The molecule has 1 N–H and O–H groups in total. The van der Waals surface area contributed by atoms with Gasteiger partial charge in [0, 0.05) is 30.5 Å². The maximum atomic E-state index is 13.1. The van der Waals surface area contributed by atoms with Gasteiger partial charge in [0.2, 0.25) is 6.41 Å². The molecule has 2 aromatic rings. The van der Waals surface area contributed by atoms with Crippen molar-refractivity contribution >= 4 is 12.2 Å². The number of nitrogens with zero attached hydrogens (tertiary/aromatic N) is 1. The van der Waals surface area contributed by atoms with E-state index in [9.17, 15) is 14.0 Å². The fourth-order valence-electron chi connectivity index (χ4n) is 5.43. The van der Waals surface area contributed by atoms with Gasteiger partial charge in [-0.05, 0) is 80.7 Å². The van der Waals surface area contributed by atoms with Crippen molar-refractivity contribution in [3.63, 3.8) is 0 Å². The van der Waals surface area contributed by atoms with Crippen LogP contribution in [0.4, 0.5) is 4.39 Å². The molecule has 0 bridgehead atoms. The molecule has 2 aromatic carbocycles. The quantitative estimate of drug-likeness (QED) is 0.374. The van der Waals surface area contributed by atoms with E-state index in [2.05, 4.69) is 10.2 Å². The molecule has 0 saturated carbocycles. The maximum Gasteiger partial charge on any atom is 0.207 e. The van der Waals surface area contributed by atoms with E-state index in [1.165, 1.54) is 12.1 Å². The standard InChI is InChI=1S/C28H35FN2O5/c1-34-25-10-9-22-23(28(25)35-2)16-26(36-27(22)17-30-18-32)20-11-14-31(15-12-20)13-3-4-24(33)19-5-7-21(29)8-6-19/h5-10,18,20,26-27H,3-4,11-17H2,1-2H3,(H,30,32)/t26-,27-/m1/s1. The summed E-state index contributed by atoms with van der Waals surface area (Å²) in [4.78, 5) is 25.7. The molecule has 0 spiro atoms. The molecule has 0 aliphatic carbocycles. The first-order chi connectivity index (χ1) is 17.5. The Morgan fingerprint density at radius 1 is 1.14 bits per heavy atom. The Balaban J connectivity index is 1.33. The Morgan fingerprint density at radius 3 is 2.56 bits per heavy atom. The predicted octanol–water partition coefficient (Wildman–Crippen LogP) is 3.95. The summed E-state index contributed by atoms with van der Waals surface area (Å²) in [5.74, 6) is 1.55. The van der Waals surface area contributed by atoms with Crippen LogP contribution in [0.15, 0.2) is 36.4 Å². The van der Waals surface area contributed by atoms with Gasteiger partial charge in [-0.15, -0.1) is 0 Å². The molecule has 2 aliphatic heterocycles. The minimum atomic E-state index is -0.330. The third kappa shape index (κ3) is 6.05. The highest BCUT2D eigenvalue weighted by Gasteiger charge is 2.36. The summed E-state index contributed by atoms with van der Waals surface area (Å²) in [6, 6.07) is 9.64. The topological polar surface area (TPSA) is 77.1 Å². The van der Waals surface area contributed by atoms with Crippen molar-refractivity contribution < 1.29 is 28.2 Å². The number of rotatable bonds is 11. The highest BCUT2D eigenvalue weighted by atomic mass is 19.1. The lowest BCUT2D eigenvalue weighted by atomic mass is 9.83. The van der Waals surface area contributed by atoms with Gasteiger partial charge < -0.3 is 24.4 Å². The van der Waals surface area contributed by atoms with E-state index in [0.29, 0.717) is 36.6 Å². The number of amides is 1. The summed E-state index contributed by atoms with van der Waals surface area (Å²) < 4.78 is 30.8. The van der Waals surface area contributed by atoms with Crippen LogP contribution < -0.4 is 14.8 Å². The number of likely N-dealkylation sites (tertiary alicyclic amines) is 1. The Kier molecular flexibility index (Phi) is 8.93. The predicted molar refractivity (Wildman–Crippen MR) is 134 cm³/mol. The number of Topliss-reactive ketones (excluding diaryl/α,β-unsaturated/α-hetero) is 1. The van der Waals surface area contributed by atoms with Gasteiger partial charge in [0.05, 0.1) is 20.3 Å². The number of benzene rings is 2. The number of carbonyl (C=O) groups excluding carboxylic acids is 2. The molecule has 1 amide bonds. The lowest BCUT2D eigenvalue weighted by Gasteiger charge is -2.41. The van der Waals surface area contributed by atoms with Crippen LogP contribution in [0.5, 0.6) is 11.5 Å². The molecule has 1 saturated heterocycles. The van der Waals surface area contributed by atoms with Crippen molar-refractivity contribution in [1.82, 2.24) is 10.2 Å². The van der Waals surface area contributed by atoms with Crippen molar-refractivity contribution in [2.24, 2.45) is 5.92 Å². The number of halogens is 1. The molecule has 0 radical (unpaired) electrons. The third-order valence-corrected chi connectivity index (χ3v) is 7.36. The van der Waals surface area contributed by atoms with E-state index in [4.69, 9.17) is 14.2 Å². The average Bonchev–Trinajstić information content (AvgIpc) is 2.91. The fraction of sp³-hybridized carbons (Fsp3) is 0.500. The van der Waals surface area contributed by atoms with Crippen LogP contribution in [0.1, 0.15) is 53.3 Å². The number of ketones is 1. The van der Waals surface area contributed by atoms with Gasteiger partial charge in [-0.2, -0.15) is 0 Å². The molecule has 2 heterocycles. The number of fused-ring (bicyclic) bond motifs is 1. The SMILES string of the molecule is COc1ccc2c(c1OC)C[C@H](C1CCN(CCCC(=O)c3ccc(F)cc3)CC1)O[C@@H]2CNC=O. The molecule has 2 aliphatic rings. The van der Waals surface area contributed by atoms with Crippen LogP contribution in [-0.4, -0.2) is 63.6 Å². The van der Waals surface area contributed by atoms with Crippen LogP contribution in [0.3, 0.4) is 0 Å². The zero-order chi connectivity index (χ0) is 25.5. The second-order valence-electron chi connectivity index (χ2n) is 9.47. The summed E-state index contributed by atoms with van der Waals surface area (Å²) in [5, 5.41) is 2.77. The fourth-order valence-corrected chi connectivity index (χ4v) is 5.43. The van der Waals surface area contributed by atoms with Crippen molar-refractivity contribution in [3.8, 4) is 11.5 Å². The molecule has 36 heavy (non-hydrogen) atoms. The van der Waals surface area contributed by atoms with Gasteiger partial charge in [-0.25, -0.2) is 4.39 Å². The number of piperidine rings is 1. The maximum absolute atomic E-state index is 13.1. The first kappa shape index (κ1) is 26.1. The van der Waals surface area contributed by atoms with Gasteiger partial charge in [0.25, 0.3) is 0 Å². The first-order valence-electron chi connectivity index (χ1n) is 12.6. The lowest BCUT2D eigenvalue weighted by molar-refractivity contribution is -0.111. The van der Waals surface area contributed by atoms with Crippen LogP contribution >= 0.6 is 0 Å². The molecular weight excluding hydrogens is 463 g/mol. The molecule has 0 aromatic heterocycles. The number of ether oxygens (including phenoxy) is 3. The van der Waals surface area contributed by atoms with Crippen LogP contribution in [0.25, 0.3) is 0 Å². The molecule has 0 unspecified atom stereocenters. The van der Waals surface area contributed by atoms with E-state index < -0.39 is 0 Å². The van der Waals surface area contributed by atoms with Crippen molar-refractivity contribution in [2.75, 3.05) is 40.4 Å². The van der Waals surface area contributed by atoms with Crippen LogP contribution in [0, 0.1) is 11.7 Å². The number of hydrogen-bond donors (Lipinski definition) is 1. The van der Waals surface area contributed by atoms with E-state index in [0.717, 1.165) is 62.2 Å². The Hall–Kier alpha value is -2.97. The first-order valence-corrected chi connectivity index (χ1v) is 12.6. The van der Waals surface area contributed by atoms with Gasteiger partial charge in [0.15, 0.2) is 17.3 Å². The second-order valence-corrected chi connectivity index (χ2v) is 9.47. The number of carbonyl (C=O) groups is 2. The van der Waals surface area contributed by atoms with E-state index in [1.807, 2.05) is 12.1 Å². The highest BCUT2D eigenvalue weighted by molar-refractivity contribution is 5.95. The summed E-state index contributed by atoms with van der Waals surface area (Å²) in [6.07, 6.45) is 4.49. The van der Waals surface area contributed by atoms with E-state index in [1.54, 1.807) is 26.4 Å².